The van der Waals surface area contributed by atoms with Crippen LogP contribution >= 0.6 is 0 Å². The molecule has 1 aliphatic heterocycles. The van der Waals surface area contributed by atoms with E-state index in [4.69, 9.17) is 10.2 Å². The summed E-state index contributed by atoms with van der Waals surface area (Å²) in [6, 6.07) is 11.9. The van der Waals surface area contributed by atoms with Crippen molar-refractivity contribution in [2.75, 3.05) is 18.0 Å². The molecule has 0 unspecified atom stereocenters. The highest BCUT2D eigenvalue weighted by atomic mass is 15.3. The summed E-state index contributed by atoms with van der Waals surface area (Å²) in [5.74, 6) is 1.56. The molecule has 3 heterocycles. The fourth-order valence-corrected chi connectivity index (χ4v) is 3.37. The summed E-state index contributed by atoms with van der Waals surface area (Å²) >= 11 is 0. The molecule has 0 saturated carbocycles. The minimum atomic E-state index is 0.555. The maximum absolute atomic E-state index is 9.00. The van der Waals surface area contributed by atoms with Crippen LogP contribution < -0.4 is 4.90 Å². The highest BCUT2D eigenvalue weighted by Crippen LogP contribution is 2.25. The first-order chi connectivity index (χ1) is 11.8. The highest BCUT2D eigenvalue weighted by molar-refractivity contribution is 5.81. The van der Waals surface area contributed by atoms with Gasteiger partial charge in [-0.05, 0) is 49.1 Å². The topological polar surface area (TPSA) is 70.6 Å². The molecule has 6 nitrogen and oxygen atoms in total. The van der Waals surface area contributed by atoms with Crippen molar-refractivity contribution >= 4 is 16.7 Å². The lowest BCUT2D eigenvalue weighted by molar-refractivity contribution is 0.350. The average molecular weight is 318 g/mol. The first kappa shape index (κ1) is 14.6. The molecule has 0 radical (unpaired) electrons. The van der Waals surface area contributed by atoms with E-state index in [2.05, 4.69) is 33.2 Å². The summed E-state index contributed by atoms with van der Waals surface area (Å²) in [6.07, 6.45) is 5.73. The van der Waals surface area contributed by atoms with Crippen LogP contribution in [0.1, 0.15) is 18.4 Å². The van der Waals surface area contributed by atoms with Crippen LogP contribution in [-0.4, -0.2) is 32.8 Å². The van der Waals surface area contributed by atoms with Crippen LogP contribution in [0.4, 0.5) is 5.82 Å². The molecule has 0 aliphatic carbocycles. The van der Waals surface area contributed by atoms with Crippen LogP contribution in [0.25, 0.3) is 10.9 Å². The minimum absolute atomic E-state index is 0.555. The van der Waals surface area contributed by atoms with E-state index >= 15 is 0 Å². The Morgan fingerprint density at radius 2 is 2.21 bits per heavy atom. The Labute approximate surface area is 140 Å². The number of hydrogen-bond donors (Lipinski definition) is 0. The number of anilines is 1. The van der Waals surface area contributed by atoms with Gasteiger partial charge in [-0.3, -0.25) is 4.68 Å². The quantitative estimate of drug-likeness (QED) is 0.742. The second-order valence-electron chi connectivity index (χ2n) is 6.26. The summed E-state index contributed by atoms with van der Waals surface area (Å²) in [5, 5.41) is 14.2. The molecule has 120 valence electrons. The maximum Gasteiger partial charge on any atom is 0.137 e. The van der Waals surface area contributed by atoms with E-state index in [9.17, 15) is 0 Å². The molecule has 1 aliphatic rings. The second-order valence-corrected chi connectivity index (χ2v) is 6.26. The van der Waals surface area contributed by atoms with Gasteiger partial charge in [0, 0.05) is 25.0 Å². The van der Waals surface area contributed by atoms with Gasteiger partial charge >= 0.3 is 0 Å². The van der Waals surface area contributed by atoms with Gasteiger partial charge in [-0.1, -0.05) is 0 Å². The summed E-state index contributed by atoms with van der Waals surface area (Å²) in [7, 11) is 0. The van der Waals surface area contributed by atoms with Crippen molar-refractivity contribution in [2.24, 2.45) is 5.92 Å². The van der Waals surface area contributed by atoms with Crippen molar-refractivity contribution in [3.63, 3.8) is 0 Å². The van der Waals surface area contributed by atoms with Gasteiger partial charge in [-0.2, -0.15) is 10.4 Å². The maximum atomic E-state index is 9.00. The fourth-order valence-electron chi connectivity index (χ4n) is 3.37. The molecule has 3 aromatic rings. The van der Waals surface area contributed by atoms with E-state index in [1.807, 2.05) is 22.9 Å². The molecule has 6 heteroatoms. The molecule has 0 N–H and O–H groups in total. The number of nitrogens with zero attached hydrogens (tertiary/aromatic N) is 6. The molecule has 1 saturated heterocycles. The SMILES string of the molecule is N#Cc1ccc2nc(N3CCC[C@H](Cn4cncn4)C3)ccc2c1. The molecule has 1 fully saturated rings. The van der Waals surface area contributed by atoms with Crippen LogP contribution in [-0.2, 0) is 6.54 Å². The number of pyridine rings is 1. The van der Waals surface area contributed by atoms with Gasteiger partial charge in [-0.25, -0.2) is 9.97 Å². The van der Waals surface area contributed by atoms with E-state index in [1.54, 1.807) is 12.7 Å². The number of hydrogen-bond acceptors (Lipinski definition) is 5. The van der Waals surface area contributed by atoms with Gasteiger partial charge in [0.1, 0.15) is 18.5 Å². The Hall–Kier alpha value is -2.94. The number of rotatable bonds is 3. The zero-order valence-corrected chi connectivity index (χ0v) is 13.3. The van der Waals surface area contributed by atoms with Crippen LogP contribution in [0.3, 0.4) is 0 Å². The Morgan fingerprint density at radius 1 is 1.25 bits per heavy atom. The van der Waals surface area contributed by atoms with Gasteiger partial charge in [0.05, 0.1) is 17.1 Å². The normalized spacial score (nSPS) is 17.8. The smallest absolute Gasteiger partial charge is 0.137 e. The molecule has 24 heavy (non-hydrogen) atoms. The summed E-state index contributed by atoms with van der Waals surface area (Å²) < 4.78 is 1.91. The summed E-state index contributed by atoms with van der Waals surface area (Å²) in [5.41, 5.74) is 1.60. The number of piperidine rings is 1. The molecule has 2 aromatic heterocycles. The highest BCUT2D eigenvalue weighted by Gasteiger charge is 2.21. The van der Waals surface area contributed by atoms with Crippen LogP contribution in [0.15, 0.2) is 43.0 Å². The van der Waals surface area contributed by atoms with Gasteiger partial charge in [0.2, 0.25) is 0 Å². The van der Waals surface area contributed by atoms with Crippen LogP contribution in [0.5, 0.6) is 0 Å². The minimum Gasteiger partial charge on any atom is -0.356 e. The predicted octanol–water partition coefficient (Wildman–Crippen LogP) is 2.61. The Morgan fingerprint density at radius 3 is 3.04 bits per heavy atom. The first-order valence-corrected chi connectivity index (χ1v) is 8.20. The van der Waals surface area contributed by atoms with E-state index in [0.717, 1.165) is 42.8 Å². The largest absolute Gasteiger partial charge is 0.356 e. The van der Waals surface area contributed by atoms with Crippen molar-refractivity contribution in [1.29, 1.82) is 5.26 Å². The van der Waals surface area contributed by atoms with Gasteiger partial charge < -0.3 is 4.90 Å². The fraction of sp³-hybridized carbons (Fsp3) is 0.333. The number of nitriles is 1. The van der Waals surface area contributed by atoms with E-state index in [0.29, 0.717) is 11.5 Å². The molecular weight excluding hydrogens is 300 g/mol. The van der Waals surface area contributed by atoms with Crippen molar-refractivity contribution in [2.45, 2.75) is 19.4 Å². The Bertz CT molecular complexity index is 880. The molecule has 0 amide bonds. The first-order valence-electron chi connectivity index (χ1n) is 8.20. The number of aromatic nitrogens is 4. The van der Waals surface area contributed by atoms with E-state index < -0.39 is 0 Å². The molecule has 1 atom stereocenters. The van der Waals surface area contributed by atoms with Crippen molar-refractivity contribution < 1.29 is 0 Å². The van der Waals surface area contributed by atoms with Gasteiger partial charge in [-0.15, -0.1) is 0 Å². The van der Waals surface area contributed by atoms with Gasteiger partial charge in [0.15, 0.2) is 0 Å². The van der Waals surface area contributed by atoms with Gasteiger partial charge in [0.25, 0.3) is 0 Å². The summed E-state index contributed by atoms with van der Waals surface area (Å²) in [6.45, 7) is 2.91. The third-order valence-corrected chi connectivity index (χ3v) is 4.56. The van der Waals surface area contributed by atoms with Crippen LogP contribution in [0.2, 0.25) is 0 Å². The lowest BCUT2D eigenvalue weighted by Gasteiger charge is -2.33. The van der Waals surface area contributed by atoms with Crippen molar-refractivity contribution in [3.8, 4) is 6.07 Å². The second kappa shape index (κ2) is 6.28. The molecular formula is C18H18N6. The Balaban J connectivity index is 1.54. The number of benzene rings is 1. The zero-order chi connectivity index (χ0) is 16.4. The standard InChI is InChI=1S/C18H18N6/c19-9-14-3-5-17-16(8-14)4-6-18(22-17)23-7-1-2-15(10-23)11-24-13-20-12-21-24/h3-6,8,12-13,15H,1-2,7,10-11H2/t15-/m0/s1. The lowest BCUT2D eigenvalue weighted by atomic mass is 9.98. The van der Waals surface area contributed by atoms with E-state index in [1.165, 1.54) is 6.42 Å². The molecule has 4 rings (SSSR count). The third kappa shape index (κ3) is 2.93. The number of fused-ring (bicyclic) bond motifs is 1. The average Bonchev–Trinajstić information content (AvgIpc) is 3.14. The van der Waals surface area contributed by atoms with Crippen LogP contribution in [0, 0.1) is 17.2 Å². The Kier molecular flexibility index (Phi) is 3.83. The zero-order valence-electron chi connectivity index (χ0n) is 13.3. The molecule has 0 bridgehead atoms. The molecule has 0 spiro atoms. The predicted molar refractivity (Wildman–Crippen MR) is 91.4 cm³/mol. The lowest BCUT2D eigenvalue weighted by Crippen LogP contribution is -2.37. The van der Waals surface area contributed by atoms with Crippen molar-refractivity contribution in [1.82, 2.24) is 19.7 Å². The van der Waals surface area contributed by atoms with E-state index in [-0.39, 0.29) is 0 Å². The molecule has 1 aromatic carbocycles. The van der Waals surface area contributed by atoms with Crippen molar-refractivity contribution in [3.05, 3.63) is 48.5 Å². The summed E-state index contributed by atoms with van der Waals surface area (Å²) in [4.78, 5) is 11.2. The monoisotopic (exact) mass is 318 g/mol. The third-order valence-electron chi connectivity index (χ3n) is 4.56.